The van der Waals surface area contributed by atoms with E-state index in [1.807, 2.05) is 66.7 Å². The summed E-state index contributed by atoms with van der Waals surface area (Å²) in [6, 6.07) is 27.5. The lowest BCUT2D eigenvalue weighted by molar-refractivity contribution is 0.220. The van der Waals surface area contributed by atoms with Crippen LogP contribution in [-0.2, 0) is 0 Å². The van der Waals surface area contributed by atoms with Gasteiger partial charge >= 0.3 is 6.03 Å². The van der Waals surface area contributed by atoms with E-state index in [9.17, 15) is 4.79 Å². The highest BCUT2D eigenvalue weighted by atomic mass is 16.5. The third-order valence-corrected chi connectivity index (χ3v) is 5.78. The number of nitrogens with zero attached hydrogens (tertiary/aromatic N) is 2. The Morgan fingerprint density at radius 1 is 0.875 bits per heavy atom. The first-order valence-corrected chi connectivity index (χ1v) is 11.0. The van der Waals surface area contributed by atoms with E-state index < -0.39 is 0 Å². The fraction of sp³-hybridized carbons (Fsp3) is 0.269. The Morgan fingerprint density at radius 2 is 1.50 bits per heavy atom. The molecule has 1 heterocycles. The van der Waals surface area contributed by atoms with Gasteiger partial charge in [0.25, 0.3) is 0 Å². The molecule has 0 saturated carbocycles. The molecule has 0 aromatic heterocycles. The van der Waals surface area contributed by atoms with Crippen molar-refractivity contribution in [1.82, 2.24) is 10.2 Å². The highest BCUT2D eigenvalue weighted by Crippen LogP contribution is 2.28. The topological polar surface area (TPSA) is 56.8 Å². The number of rotatable bonds is 7. The lowest BCUT2D eigenvalue weighted by Crippen LogP contribution is -2.49. The van der Waals surface area contributed by atoms with Gasteiger partial charge in [0.05, 0.1) is 18.8 Å². The van der Waals surface area contributed by atoms with Crippen LogP contribution in [0.15, 0.2) is 84.9 Å². The van der Waals surface area contributed by atoms with Gasteiger partial charge in [0, 0.05) is 38.4 Å². The van der Waals surface area contributed by atoms with Crippen molar-refractivity contribution in [2.24, 2.45) is 0 Å². The molecule has 32 heavy (non-hydrogen) atoms. The predicted octanol–water partition coefficient (Wildman–Crippen LogP) is 4.38. The van der Waals surface area contributed by atoms with Crippen molar-refractivity contribution >= 4 is 17.4 Å². The molecule has 2 N–H and O–H groups in total. The van der Waals surface area contributed by atoms with Crippen LogP contribution in [0.1, 0.15) is 11.6 Å². The highest BCUT2D eigenvalue weighted by molar-refractivity contribution is 5.89. The maximum atomic E-state index is 12.7. The van der Waals surface area contributed by atoms with Gasteiger partial charge in [0.2, 0.25) is 0 Å². The normalized spacial score (nSPS) is 15.1. The Balaban J connectivity index is 1.39. The molecule has 1 unspecified atom stereocenters. The molecule has 4 rings (SSSR count). The lowest BCUT2D eigenvalue weighted by Gasteiger charge is -2.38. The number of para-hydroxylation sites is 3. The molecule has 0 spiro atoms. The van der Waals surface area contributed by atoms with Gasteiger partial charge in [-0.15, -0.1) is 0 Å². The Morgan fingerprint density at radius 3 is 2.19 bits per heavy atom. The van der Waals surface area contributed by atoms with Crippen LogP contribution in [0.25, 0.3) is 0 Å². The Kier molecular flexibility index (Phi) is 7.25. The molecule has 0 radical (unpaired) electrons. The van der Waals surface area contributed by atoms with Crippen LogP contribution in [0.5, 0.6) is 5.75 Å². The monoisotopic (exact) mass is 430 g/mol. The number of hydrogen-bond donors (Lipinski definition) is 2. The van der Waals surface area contributed by atoms with Gasteiger partial charge < -0.3 is 20.3 Å². The number of piperazine rings is 1. The van der Waals surface area contributed by atoms with Gasteiger partial charge in [-0.1, -0.05) is 60.7 Å². The van der Waals surface area contributed by atoms with Gasteiger partial charge in [0.1, 0.15) is 5.75 Å². The van der Waals surface area contributed by atoms with Gasteiger partial charge in [-0.3, -0.25) is 4.90 Å². The van der Waals surface area contributed by atoms with Crippen molar-refractivity contribution in [3.05, 3.63) is 90.5 Å². The van der Waals surface area contributed by atoms with E-state index in [2.05, 4.69) is 38.6 Å². The first-order chi connectivity index (χ1) is 15.7. The molecule has 1 atom stereocenters. The molecule has 1 aliphatic rings. The van der Waals surface area contributed by atoms with Crippen molar-refractivity contribution in [2.45, 2.75) is 6.04 Å². The minimum absolute atomic E-state index is 0.0993. The molecule has 3 aromatic rings. The standard InChI is InChI=1S/C26H30N4O2/c1-32-25-15-9-8-14-24(25)30-18-16-29(17-19-30)20-23(21-10-4-2-5-11-21)28-26(31)27-22-12-6-3-7-13-22/h2-15,23H,16-20H2,1H3,(H2,27,28,31). The minimum atomic E-state index is -0.197. The summed E-state index contributed by atoms with van der Waals surface area (Å²) < 4.78 is 5.53. The van der Waals surface area contributed by atoms with E-state index in [1.54, 1.807) is 7.11 Å². The fourth-order valence-corrected chi connectivity index (χ4v) is 4.09. The van der Waals surface area contributed by atoms with Gasteiger partial charge in [-0.05, 0) is 29.8 Å². The molecular weight excluding hydrogens is 400 g/mol. The maximum Gasteiger partial charge on any atom is 0.319 e. The number of nitrogens with one attached hydrogen (secondary N) is 2. The summed E-state index contributed by atoms with van der Waals surface area (Å²) in [5, 5.41) is 6.09. The zero-order valence-electron chi connectivity index (χ0n) is 18.4. The van der Waals surface area contributed by atoms with Crippen LogP contribution in [0.4, 0.5) is 16.2 Å². The second-order valence-corrected chi connectivity index (χ2v) is 7.89. The van der Waals surface area contributed by atoms with Gasteiger partial charge in [-0.25, -0.2) is 4.79 Å². The van der Waals surface area contributed by atoms with E-state index in [4.69, 9.17) is 4.74 Å². The van der Waals surface area contributed by atoms with Crippen LogP contribution in [0, 0.1) is 0 Å². The number of amides is 2. The minimum Gasteiger partial charge on any atom is -0.495 e. The van der Waals surface area contributed by atoms with Gasteiger partial charge in [-0.2, -0.15) is 0 Å². The fourth-order valence-electron chi connectivity index (χ4n) is 4.09. The molecule has 166 valence electrons. The summed E-state index contributed by atoms with van der Waals surface area (Å²) in [6.07, 6.45) is 0. The number of methoxy groups -OCH3 is 1. The molecule has 6 nitrogen and oxygen atoms in total. The quantitative estimate of drug-likeness (QED) is 0.584. The number of urea groups is 1. The number of benzene rings is 3. The highest BCUT2D eigenvalue weighted by Gasteiger charge is 2.23. The number of anilines is 2. The summed E-state index contributed by atoms with van der Waals surface area (Å²) in [5.41, 5.74) is 3.01. The molecule has 2 amide bonds. The molecule has 3 aromatic carbocycles. The third kappa shape index (κ3) is 5.59. The van der Waals surface area contributed by atoms with Crippen LogP contribution < -0.4 is 20.3 Å². The summed E-state index contributed by atoms with van der Waals surface area (Å²) in [7, 11) is 1.71. The molecule has 6 heteroatoms. The van der Waals surface area contributed by atoms with Crippen molar-refractivity contribution in [1.29, 1.82) is 0 Å². The second kappa shape index (κ2) is 10.7. The molecule has 0 bridgehead atoms. The predicted molar refractivity (Wildman–Crippen MR) is 129 cm³/mol. The summed E-state index contributed by atoms with van der Waals surface area (Å²) in [5.74, 6) is 0.905. The van der Waals surface area contributed by atoms with Crippen molar-refractivity contribution in [3.8, 4) is 5.75 Å². The van der Waals surface area contributed by atoms with E-state index in [-0.39, 0.29) is 12.1 Å². The Hall–Kier alpha value is -3.51. The first kappa shape index (κ1) is 21.7. The van der Waals surface area contributed by atoms with E-state index in [0.29, 0.717) is 0 Å². The summed E-state index contributed by atoms with van der Waals surface area (Å²) in [6.45, 7) is 4.43. The Bertz CT molecular complexity index is 989. The number of carbonyl (C=O) groups excluding carboxylic acids is 1. The third-order valence-electron chi connectivity index (χ3n) is 5.78. The van der Waals surface area contributed by atoms with Crippen LogP contribution in [-0.4, -0.2) is 50.8 Å². The van der Waals surface area contributed by atoms with Crippen molar-refractivity contribution in [2.75, 3.05) is 50.1 Å². The zero-order valence-corrected chi connectivity index (χ0v) is 18.4. The first-order valence-electron chi connectivity index (χ1n) is 11.0. The second-order valence-electron chi connectivity index (χ2n) is 7.89. The average molecular weight is 431 g/mol. The zero-order chi connectivity index (χ0) is 22.2. The van der Waals surface area contributed by atoms with Crippen LogP contribution in [0.3, 0.4) is 0 Å². The van der Waals surface area contributed by atoms with Gasteiger partial charge in [0.15, 0.2) is 0 Å². The molecule has 0 aliphatic carbocycles. The Labute approximate surface area is 189 Å². The van der Waals surface area contributed by atoms with E-state index in [1.165, 1.54) is 0 Å². The summed E-state index contributed by atoms with van der Waals surface area (Å²) in [4.78, 5) is 17.5. The number of ether oxygens (including phenoxy) is 1. The smallest absolute Gasteiger partial charge is 0.319 e. The van der Waals surface area contributed by atoms with Crippen LogP contribution >= 0.6 is 0 Å². The lowest BCUT2D eigenvalue weighted by atomic mass is 10.1. The average Bonchev–Trinajstić information content (AvgIpc) is 2.85. The molecule has 1 aliphatic heterocycles. The molecule has 1 saturated heterocycles. The largest absolute Gasteiger partial charge is 0.495 e. The number of hydrogen-bond acceptors (Lipinski definition) is 4. The SMILES string of the molecule is COc1ccccc1N1CCN(CC(NC(=O)Nc2ccccc2)c2ccccc2)CC1. The van der Waals surface area contributed by atoms with Crippen molar-refractivity contribution in [3.63, 3.8) is 0 Å². The van der Waals surface area contributed by atoms with Crippen LogP contribution in [0.2, 0.25) is 0 Å². The number of carbonyl (C=O) groups is 1. The van der Waals surface area contributed by atoms with E-state index in [0.717, 1.165) is 55.4 Å². The van der Waals surface area contributed by atoms with E-state index >= 15 is 0 Å². The summed E-state index contributed by atoms with van der Waals surface area (Å²) >= 11 is 0. The molecular formula is C26H30N4O2. The molecule has 1 fully saturated rings. The van der Waals surface area contributed by atoms with Crippen molar-refractivity contribution < 1.29 is 9.53 Å². The maximum absolute atomic E-state index is 12.7.